The second-order valence-corrected chi connectivity index (χ2v) is 4.52. The predicted molar refractivity (Wildman–Crippen MR) is 55.0 cm³/mol. The first-order valence-electron chi connectivity index (χ1n) is 4.26. The zero-order chi connectivity index (χ0) is 10.0. The molecular weight excluding hydrogens is 184 g/mol. The van der Waals surface area contributed by atoms with Gasteiger partial charge in [-0.05, 0) is 12.8 Å². The van der Waals surface area contributed by atoms with E-state index < -0.39 is 0 Å². The van der Waals surface area contributed by atoms with Crippen LogP contribution < -0.4 is 5.73 Å². The molecule has 0 aliphatic carbocycles. The number of nitrogens with two attached hydrogens (primary N) is 1. The van der Waals surface area contributed by atoms with Gasteiger partial charge < -0.3 is 5.73 Å². The van der Waals surface area contributed by atoms with Gasteiger partial charge in [0.2, 0.25) is 0 Å². The Morgan fingerprint density at radius 3 is 2.62 bits per heavy atom. The van der Waals surface area contributed by atoms with Gasteiger partial charge in [0, 0.05) is 6.42 Å². The highest BCUT2D eigenvalue weighted by atomic mass is 32.1. The fraction of sp³-hybridized carbons (Fsp3) is 0.556. The summed E-state index contributed by atoms with van der Waals surface area (Å²) >= 11 is 1.28. The Bertz CT molecular complexity index is 317. The van der Waals surface area contributed by atoms with Crippen molar-refractivity contribution in [2.45, 2.75) is 27.2 Å². The Morgan fingerprint density at radius 1 is 1.62 bits per heavy atom. The van der Waals surface area contributed by atoms with Crippen molar-refractivity contribution in [1.29, 1.82) is 0 Å². The Morgan fingerprint density at radius 2 is 2.23 bits per heavy atom. The molecule has 0 saturated heterocycles. The number of hydrogen-bond acceptors (Lipinski definition) is 4. The Kier molecular flexibility index (Phi) is 3.03. The van der Waals surface area contributed by atoms with Crippen molar-refractivity contribution in [3.8, 4) is 0 Å². The molecule has 1 rings (SSSR count). The van der Waals surface area contributed by atoms with Gasteiger partial charge in [0.05, 0.1) is 10.6 Å². The molecule has 0 aromatic carbocycles. The van der Waals surface area contributed by atoms with E-state index in [4.69, 9.17) is 5.73 Å². The third-order valence-corrected chi connectivity index (χ3v) is 2.69. The molecule has 0 atom stereocenters. The van der Waals surface area contributed by atoms with Crippen LogP contribution in [0.4, 0.5) is 5.13 Å². The summed E-state index contributed by atoms with van der Waals surface area (Å²) in [5.41, 5.74) is 6.26. The number of thiazole rings is 1. The molecule has 0 fully saturated rings. The van der Waals surface area contributed by atoms with Crippen molar-refractivity contribution in [3.63, 3.8) is 0 Å². The number of Topliss-reactive ketones (excluding diaryl/α,β-unsaturated/α-hetero) is 1. The Hall–Kier alpha value is -0.900. The van der Waals surface area contributed by atoms with E-state index in [0.29, 0.717) is 22.3 Å². The maximum atomic E-state index is 11.6. The van der Waals surface area contributed by atoms with Crippen molar-refractivity contribution < 1.29 is 4.79 Å². The van der Waals surface area contributed by atoms with Crippen LogP contribution in [0.15, 0.2) is 0 Å². The number of aromatic nitrogens is 1. The summed E-state index contributed by atoms with van der Waals surface area (Å²) < 4.78 is 0. The third kappa shape index (κ3) is 2.52. The van der Waals surface area contributed by atoms with Crippen LogP contribution in [0, 0.1) is 12.8 Å². The van der Waals surface area contributed by atoms with E-state index in [9.17, 15) is 4.79 Å². The number of carbonyl (C=O) groups is 1. The van der Waals surface area contributed by atoms with Gasteiger partial charge in [-0.3, -0.25) is 4.79 Å². The molecule has 0 bridgehead atoms. The molecule has 0 aliphatic rings. The molecule has 3 nitrogen and oxygen atoms in total. The lowest BCUT2D eigenvalue weighted by atomic mass is 10.1. The van der Waals surface area contributed by atoms with E-state index in [1.165, 1.54) is 11.3 Å². The van der Waals surface area contributed by atoms with Crippen LogP contribution in [0.25, 0.3) is 0 Å². The van der Waals surface area contributed by atoms with E-state index in [1.54, 1.807) is 0 Å². The number of nitrogens with zero attached hydrogens (tertiary/aromatic N) is 1. The van der Waals surface area contributed by atoms with Crippen LogP contribution in [0.2, 0.25) is 0 Å². The molecule has 1 aromatic rings. The van der Waals surface area contributed by atoms with E-state index in [1.807, 2.05) is 20.8 Å². The molecule has 1 heterocycles. The zero-order valence-corrected chi connectivity index (χ0v) is 8.94. The highest BCUT2D eigenvalue weighted by Crippen LogP contribution is 2.22. The fourth-order valence-corrected chi connectivity index (χ4v) is 1.92. The average molecular weight is 198 g/mol. The van der Waals surface area contributed by atoms with Gasteiger partial charge in [-0.25, -0.2) is 4.98 Å². The maximum Gasteiger partial charge on any atom is 0.180 e. The number of rotatable bonds is 3. The summed E-state index contributed by atoms with van der Waals surface area (Å²) in [6.07, 6.45) is 0.572. The van der Waals surface area contributed by atoms with Crippen molar-refractivity contribution >= 4 is 22.3 Å². The lowest BCUT2D eigenvalue weighted by molar-refractivity contribution is 0.0971. The van der Waals surface area contributed by atoms with Gasteiger partial charge in [0.15, 0.2) is 10.9 Å². The number of ketones is 1. The van der Waals surface area contributed by atoms with Crippen LogP contribution in [0.3, 0.4) is 0 Å². The molecule has 0 amide bonds. The molecular formula is C9H14N2OS. The SMILES string of the molecule is Cc1nc(N)sc1C(=O)CC(C)C. The summed E-state index contributed by atoms with van der Waals surface area (Å²) in [5, 5.41) is 0.476. The highest BCUT2D eigenvalue weighted by molar-refractivity contribution is 7.17. The van der Waals surface area contributed by atoms with E-state index >= 15 is 0 Å². The normalized spacial score (nSPS) is 10.8. The molecule has 0 aliphatic heterocycles. The van der Waals surface area contributed by atoms with Crippen molar-refractivity contribution in [2.75, 3.05) is 5.73 Å². The van der Waals surface area contributed by atoms with Crippen molar-refractivity contribution in [1.82, 2.24) is 4.98 Å². The van der Waals surface area contributed by atoms with Crippen LogP contribution >= 0.6 is 11.3 Å². The summed E-state index contributed by atoms with van der Waals surface area (Å²) in [4.78, 5) is 16.3. The summed E-state index contributed by atoms with van der Waals surface area (Å²) in [6, 6.07) is 0. The van der Waals surface area contributed by atoms with E-state index in [2.05, 4.69) is 4.98 Å². The molecule has 2 N–H and O–H groups in total. The van der Waals surface area contributed by atoms with Crippen LogP contribution in [0.1, 0.15) is 35.6 Å². The summed E-state index contributed by atoms with van der Waals surface area (Å²) in [5.74, 6) is 0.539. The van der Waals surface area contributed by atoms with Gasteiger partial charge >= 0.3 is 0 Å². The van der Waals surface area contributed by atoms with Crippen molar-refractivity contribution in [3.05, 3.63) is 10.6 Å². The van der Waals surface area contributed by atoms with E-state index in [0.717, 1.165) is 5.69 Å². The fourth-order valence-electron chi connectivity index (χ4n) is 1.14. The minimum Gasteiger partial charge on any atom is -0.375 e. The quantitative estimate of drug-likeness (QED) is 0.758. The molecule has 0 saturated carbocycles. The second kappa shape index (κ2) is 3.87. The second-order valence-electron chi connectivity index (χ2n) is 3.49. The van der Waals surface area contributed by atoms with Gasteiger partial charge in [0.1, 0.15) is 0 Å². The third-order valence-electron chi connectivity index (χ3n) is 1.66. The van der Waals surface area contributed by atoms with Gasteiger partial charge in [-0.1, -0.05) is 25.2 Å². The number of carbonyl (C=O) groups excluding carboxylic acids is 1. The average Bonchev–Trinajstić information content (AvgIpc) is 2.28. The lowest BCUT2D eigenvalue weighted by Crippen LogP contribution is -2.02. The topological polar surface area (TPSA) is 56.0 Å². The monoisotopic (exact) mass is 198 g/mol. The lowest BCUT2D eigenvalue weighted by Gasteiger charge is -2.01. The smallest absolute Gasteiger partial charge is 0.180 e. The predicted octanol–water partition coefficient (Wildman–Crippen LogP) is 2.26. The number of nitrogen functional groups attached to an aromatic ring is 1. The molecule has 0 unspecified atom stereocenters. The minimum atomic E-state index is 0.154. The Balaban J connectivity index is 2.82. The molecule has 1 aromatic heterocycles. The van der Waals surface area contributed by atoms with Crippen LogP contribution in [-0.2, 0) is 0 Å². The summed E-state index contributed by atoms with van der Waals surface area (Å²) in [7, 11) is 0. The standard InChI is InChI=1S/C9H14N2OS/c1-5(2)4-7(12)8-6(3)11-9(10)13-8/h5H,4H2,1-3H3,(H2,10,11). The van der Waals surface area contributed by atoms with Gasteiger partial charge in [-0.2, -0.15) is 0 Å². The zero-order valence-electron chi connectivity index (χ0n) is 8.13. The summed E-state index contributed by atoms with van der Waals surface area (Å²) in [6.45, 7) is 5.87. The molecule has 4 heteroatoms. The van der Waals surface area contributed by atoms with E-state index in [-0.39, 0.29) is 5.78 Å². The van der Waals surface area contributed by atoms with Crippen molar-refractivity contribution in [2.24, 2.45) is 5.92 Å². The first-order valence-corrected chi connectivity index (χ1v) is 5.08. The number of aryl methyl sites for hydroxylation is 1. The number of anilines is 1. The van der Waals surface area contributed by atoms with Gasteiger partial charge in [-0.15, -0.1) is 0 Å². The Labute approximate surface area is 82.0 Å². The first-order chi connectivity index (χ1) is 6.00. The maximum absolute atomic E-state index is 11.6. The number of hydrogen-bond donors (Lipinski definition) is 1. The largest absolute Gasteiger partial charge is 0.375 e. The molecule has 0 spiro atoms. The first kappa shape index (κ1) is 10.2. The molecule has 0 radical (unpaired) electrons. The van der Waals surface area contributed by atoms with Gasteiger partial charge in [0.25, 0.3) is 0 Å². The minimum absolute atomic E-state index is 0.154. The molecule has 72 valence electrons. The van der Waals surface area contributed by atoms with Crippen LogP contribution in [0.5, 0.6) is 0 Å². The van der Waals surface area contributed by atoms with Crippen LogP contribution in [-0.4, -0.2) is 10.8 Å². The highest BCUT2D eigenvalue weighted by Gasteiger charge is 2.14. The molecule has 13 heavy (non-hydrogen) atoms.